The summed E-state index contributed by atoms with van der Waals surface area (Å²) in [5, 5.41) is 0. The van der Waals surface area contributed by atoms with Crippen molar-refractivity contribution in [2.75, 3.05) is 36.9 Å². The average molecular weight is 514 g/mol. The average Bonchev–Trinajstić information content (AvgIpc) is 2.86. The molecule has 0 bridgehead atoms. The van der Waals surface area contributed by atoms with Crippen LogP contribution < -0.4 is 19.1 Å². The van der Waals surface area contributed by atoms with Gasteiger partial charge >= 0.3 is 6.03 Å². The van der Waals surface area contributed by atoms with Gasteiger partial charge in [-0.3, -0.25) is 9.62 Å². The molecule has 2 amide bonds. The molecule has 0 unspecified atom stereocenters. The lowest BCUT2D eigenvalue weighted by atomic mass is 10.1. The van der Waals surface area contributed by atoms with Crippen molar-refractivity contribution < 1.29 is 27.1 Å². The van der Waals surface area contributed by atoms with E-state index in [1.165, 1.54) is 12.1 Å². The Balaban J connectivity index is 1.53. The summed E-state index contributed by atoms with van der Waals surface area (Å²) in [6, 6.07) is 15.6. The zero-order valence-corrected chi connectivity index (χ0v) is 21.1. The normalized spacial score (nSPS) is 14.1. The van der Waals surface area contributed by atoms with E-state index in [4.69, 9.17) is 9.47 Å². The number of nitrogens with zero attached hydrogens (tertiary/aromatic N) is 2. The van der Waals surface area contributed by atoms with E-state index in [0.29, 0.717) is 42.4 Å². The lowest BCUT2D eigenvalue weighted by Crippen LogP contribution is -2.49. The van der Waals surface area contributed by atoms with Crippen molar-refractivity contribution >= 4 is 27.4 Å². The smallest absolute Gasteiger partial charge is 0.324 e. The van der Waals surface area contributed by atoms with Crippen LogP contribution in [0.5, 0.6) is 11.5 Å². The number of halogens is 1. The molecule has 1 aliphatic heterocycles. The van der Waals surface area contributed by atoms with E-state index in [9.17, 15) is 17.6 Å². The number of anilines is 2. The fraction of sp³-hybridized carbons (Fsp3) is 0.269. The Morgan fingerprint density at radius 2 is 1.69 bits per heavy atom. The second-order valence-corrected chi connectivity index (χ2v) is 10.2. The van der Waals surface area contributed by atoms with Crippen molar-refractivity contribution in [2.45, 2.75) is 24.8 Å². The molecular formula is C26H28FN3O5S. The molecule has 1 heterocycles. The third-order valence-corrected chi connectivity index (χ3v) is 7.34. The molecule has 4 rings (SSSR count). The number of benzene rings is 3. The summed E-state index contributed by atoms with van der Waals surface area (Å²) in [4.78, 5) is 16.5. The number of carbonyl (C=O) groups is 1. The Morgan fingerprint density at radius 1 is 0.972 bits per heavy atom. The third kappa shape index (κ3) is 5.54. The van der Waals surface area contributed by atoms with E-state index in [2.05, 4.69) is 4.72 Å². The van der Waals surface area contributed by atoms with Gasteiger partial charge in [-0.05, 0) is 66.9 Å². The molecular weight excluding hydrogens is 485 g/mol. The summed E-state index contributed by atoms with van der Waals surface area (Å²) in [5.74, 6) is 0.678. The van der Waals surface area contributed by atoms with Gasteiger partial charge in [-0.15, -0.1) is 0 Å². The van der Waals surface area contributed by atoms with Crippen LogP contribution in [0.3, 0.4) is 0 Å². The van der Waals surface area contributed by atoms with Crippen LogP contribution in [0, 0.1) is 12.7 Å². The maximum Gasteiger partial charge on any atom is 0.324 e. The van der Waals surface area contributed by atoms with Crippen LogP contribution in [0.15, 0.2) is 65.6 Å². The minimum atomic E-state index is -4.01. The number of hydrogen-bond donors (Lipinski definition) is 1. The quantitative estimate of drug-likeness (QED) is 0.468. The highest BCUT2D eigenvalue weighted by molar-refractivity contribution is 7.92. The van der Waals surface area contributed by atoms with Gasteiger partial charge in [-0.1, -0.05) is 12.1 Å². The largest absolute Gasteiger partial charge is 0.497 e. The van der Waals surface area contributed by atoms with E-state index in [1.54, 1.807) is 61.3 Å². The highest BCUT2D eigenvalue weighted by Crippen LogP contribution is 2.28. The van der Waals surface area contributed by atoms with Crippen molar-refractivity contribution in [1.29, 1.82) is 0 Å². The van der Waals surface area contributed by atoms with Crippen LogP contribution in [0.4, 0.5) is 20.6 Å². The zero-order valence-electron chi connectivity index (χ0n) is 20.3. The van der Waals surface area contributed by atoms with Crippen molar-refractivity contribution in [2.24, 2.45) is 0 Å². The highest BCUT2D eigenvalue weighted by Gasteiger charge is 2.27. The van der Waals surface area contributed by atoms with Crippen molar-refractivity contribution in [3.05, 3.63) is 77.6 Å². The standard InChI is InChI=1S/C26H28FN3O5S/c1-18-8-9-24(16-25(18)27)36(32,33)28-20-6-4-7-21(14-20)30-11-5-10-29(26(30)31)17-19-12-22(34-2)15-23(13-19)35-3/h4,6-9,12-16,28H,5,10-11,17H2,1-3H3. The SMILES string of the molecule is COc1cc(CN2CCCN(c3cccc(NS(=O)(=O)c4ccc(C)c(F)c4)c3)C2=O)cc(OC)c1. The Hall–Kier alpha value is -3.79. The van der Waals surface area contributed by atoms with E-state index < -0.39 is 15.8 Å². The molecule has 3 aromatic rings. The summed E-state index contributed by atoms with van der Waals surface area (Å²) in [6.45, 7) is 3.01. The van der Waals surface area contributed by atoms with Gasteiger partial charge in [0, 0.05) is 31.4 Å². The summed E-state index contributed by atoms with van der Waals surface area (Å²) in [7, 11) is -0.861. The fourth-order valence-electron chi connectivity index (χ4n) is 4.04. The molecule has 36 heavy (non-hydrogen) atoms. The Labute approximate surface area is 210 Å². The molecule has 0 saturated carbocycles. The summed E-state index contributed by atoms with van der Waals surface area (Å²) in [6.07, 6.45) is 0.742. The lowest BCUT2D eigenvalue weighted by molar-refractivity contribution is 0.192. The molecule has 1 saturated heterocycles. The predicted octanol–water partition coefficient (Wildman–Crippen LogP) is 4.78. The van der Waals surface area contributed by atoms with Crippen molar-refractivity contribution in [1.82, 2.24) is 4.90 Å². The third-order valence-electron chi connectivity index (χ3n) is 5.96. The number of amides is 2. The van der Waals surface area contributed by atoms with E-state index in [1.807, 2.05) is 12.1 Å². The first-order valence-corrected chi connectivity index (χ1v) is 12.9. The first kappa shape index (κ1) is 25.3. The zero-order chi connectivity index (χ0) is 25.9. The Kier molecular flexibility index (Phi) is 7.35. The molecule has 0 aromatic heterocycles. The van der Waals surface area contributed by atoms with Gasteiger partial charge in [-0.25, -0.2) is 17.6 Å². The van der Waals surface area contributed by atoms with Crippen molar-refractivity contribution in [3.8, 4) is 11.5 Å². The predicted molar refractivity (Wildman–Crippen MR) is 136 cm³/mol. The second-order valence-electron chi connectivity index (χ2n) is 8.50. The molecule has 3 aromatic carbocycles. The van der Waals surface area contributed by atoms with Crippen LogP contribution in [0.1, 0.15) is 17.5 Å². The number of carbonyl (C=O) groups excluding carboxylic acids is 1. The molecule has 190 valence electrons. The van der Waals surface area contributed by atoms with E-state index >= 15 is 0 Å². The maximum atomic E-state index is 13.9. The molecule has 0 atom stereocenters. The number of aryl methyl sites for hydroxylation is 1. The molecule has 8 nitrogen and oxygen atoms in total. The summed E-state index contributed by atoms with van der Waals surface area (Å²) >= 11 is 0. The van der Waals surface area contributed by atoms with Gasteiger partial charge in [0.15, 0.2) is 0 Å². The monoisotopic (exact) mass is 513 g/mol. The molecule has 0 radical (unpaired) electrons. The number of methoxy groups -OCH3 is 2. The summed E-state index contributed by atoms with van der Waals surface area (Å²) < 4.78 is 52.6. The Morgan fingerprint density at radius 3 is 2.36 bits per heavy atom. The van der Waals surface area contributed by atoms with Gasteiger partial charge < -0.3 is 14.4 Å². The first-order valence-electron chi connectivity index (χ1n) is 11.4. The molecule has 0 spiro atoms. The van der Waals surface area contributed by atoms with Crippen molar-refractivity contribution in [3.63, 3.8) is 0 Å². The van der Waals surface area contributed by atoms with Gasteiger partial charge in [0.05, 0.1) is 24.8 Å². The number of sulfonamides is 1. The molecule has 1 fully saturated rings. The van der Waals surface area contributed by atoms with Gasteiger partial charge in [-0.2, -0.15) is 0 Å². The van der Waals surface area contributed by atoms with Crippen LogP contribution in [-0.2, 0) is 16.6 Å². The van der Waals surface area contributed by atoms with Gasteiger partial charge in [0.25, 0.3) is 10.0 Å². The summed E-state index contributed by atoms with van der Waals surface area (Å²) in [5.41, 5.74) is 2.06. The molecule has 10 heteroatoms. The minimum Gasteiger partial charge on any atom is -0.497 e. The highest BCUT2D eigenvalue weighted by atomic mass is 32.2. The minimum absolute atomic E-state index is 0.176. The molecule has 1 aliphatic rings. The number of nitrogens with one attached hydrogen (secondary N) is 1. The number of rotatable bonds is 8. The number of hydrogen-bond acceptors (Lipinski definition) is 5. The topological polar surface area (TPSA) is 88.2 Å². The Bertz CT molecular complexity index is 1360. The lowest BCUT2D eigenvalue weighted by Gasteiger charge is -2.36. The van der Waals surface area contributed by atoms with E-state index in [0.717, 1.165) is 18.1 Å². The molecule has 0 aliphatic carbocycles. The maximum absolute atomic E-state index is 13.9. The van der Waals surface area contributed by atoms with Crippen LogP contribution in [-0.4, -0.2) is 46.7 Å². The number of ether oxygens (including phenoxy) is 2. The molecule has 1 N–H and O–H groups in total. The number of urea groups is 1. The second kappa shape index (κ2) is 10.4. The van der Waals surface area contributed by atoms with Gasteiger partial charge in [0.2, 0.25) is 0 Å². The van der Waals surface area contributed by atoms with Gasteiger partial charge in [0.1, 0.15) is 17.3 Å². The van der Waals surface area contributed by atoms with E-state index in [-0.39, 0.29) is 16.6 Å². The van der Waals surface area contributed by atoms with Crippen LogP contribution in [0.25, 0.3) is 0 Å². The van der Waals surface area contributed by atoms with Crippen LogP contribution >= 0.6 is 0 Å². The fourth-order valence-corrected chi connectivity index (χ4v) is 5.10. The van der Waals surface area contributed by atoms with Crippen LogP contribution in [0.2, 0.25) is 0 Å². The first-order chi connectivity index (χ1) is 17.2.